The maximum absolute atomic E-state index is 12.1. The normalized spacial score (nSPS) is 16.4. The van der Waals surface area contributed by atoms with Crippen molar-refractivity contribution in [1.29, 1.82) is 0 Å². The molecule has 3 nitrogen and oxygen atoms in total. The molecule has 3 rings (SSSR count). The molecule has 0 aliphatic carbocycles. The smallest absolute Gasteiger partial charge is 0.261 e. The minimum absolute atomic E-state index is 0.0961. The number of fused-ring (bicyclic) bond motifs is 1. The Morgan fingerprint density at radius 3 is 2.85 bits per heavy atom. The van der Waals surface area contributed by atoms with Gasteiger partial charge in [0, 0.05) is 18.0 Å². The van der Waals surface area contributed by atoms with Crippen molar-refractivity contribution in [2.75, 3.05) is 0 Å². The highest BCUT2D eigenvalue weighted by Gasteiger charge is 2.28. The first kappa shape index (κ1) is 13.0. The molecule has 1 heterocycles. The van der Waals surface area contributed by atoms with E-state index in [0.717, 1.165) is 16.9 Å². The predicted octanol–water partition coefficient (Wildman–Crippen LogP) is 2.96. The van der Waals surface area contributed by atoms with E-state index >= 15 is 0 Å². The number of nitrogens with one attached hydrogen (secondary N) is 1. The molecule has 0 fully saturated rings. The number of halogens is 1. The molecule has 1 amide bonds. The molecule has 0 aromatic heterocycles. The second kappa shape index (κ2) is 5.55. The van der Waals surface area contributed by atoms with Crippen LogP contribution in [0.3, 0.4) is 0 Å². The number of carbonyl (C=O) groups excluding carboxylic acids is 1. The summed E-state index contributed by atoms with van der Waals surface area (Å²) in [5.74, 6) is 0.649. The summed E-state index contributed by atoms with van der Waals surface area (Å²) in [5.41, 5.74) is 2.05. The van der Waals surface area contributed by atoms with E-state index in [0.29, 0.717) is 18.0 Å². The van der Waals surface area contributed by atoms with Crippen molar-refractivity contribution in [2.45, 2.75) is 19.1 Å². The first-order valence-electron chi connectivity index (χ1n) is 6.49. The first-order chi connectivity index (χ1) is 9.72. The topological polar surface area (TPSA) is 38.3 Å². The van der Waals surface area contributed by atoms with Gasteiger partial charge in [-0.3, -0.25) is 4.79 Å². The van der Waals surface area contributed by atoms with E-state index in [9.17, 15) is 4.79 Å². The van der Waals surface area contributed by atoms with Crippen molar-refractivity contribution in [3.05, 3.63) is 64.7 Å². The summed E-state index contributed by atoms with van der Waals surface area (Å²) in [4.78, 5) is 12.1. The lowest BCUT2D eigenvalue weighted by Gasteiger charge is -2.11. The molecule has 0 saturated carbocycles. The summed E-state index contributed by atoms with van der Waals surface area (Å²) in [7, 11) is 0. The van der Waals surface area contributed by atoms with Gasteiger partial charge in [0.25, 0.3) is 5.91 Å². The highest BCUT2D eigenvalue weighted by Crippen LogP contribution is 2.31. The first-order valence-corrected chi connectivity index (χ1v) is 6.87. The molecule has 1 aliphatic rings. The molecular formula is C16H14ClNO2. The van der Waals surface area contributed by atoms with Gasteiger partial charge in [-0.2, -0.15) is 0 Å². The van der Waals surface area contributed by atoms with Gasteiger partial charge in [-0.15, -0.1) is 0 Å². The molecule has 20 heavy (non-hydrogen) atoms. The van der Waals surface area contributed by atoms with Gasteiger partial charge in [0.2, 0.25) is 0 Å². The van der Waals surface area contributed by atoms with Crippen LogP contribution in [0.5, 0.6) is 5.75 Å². The van der Waals surface area contributed by atoms with Gasteiger partial charge >= 0.3 is 0 Å². The van der Waals surface area contributed by atoms with Crippen LogP contribution in [0, 0.1) is 0 Å². The zero-order valence-electron chi connectivity index (χ0n) is 10.8. The highest BCUT2D eigenvalue weighted by atomic mass is 35.5. The fourth-order valence-electron chi connectivity index (χ4n) is 2.26. The third-order valence-corrected chi connectivity index (χ3v) is 3.53. The third kappa shape index (κ3) is 2.78. The van der Waals surface area contributed by atoms with Crippen molar-refractivity contribution in [2.24, 2.45) is 0 Å². The Hall–Kier alpha value is -2.00. The SMILES string of the molecule is O=C(NCc1ccccc1)[C@@H]1Cc2cc(Cl)ccc2O1. The van der Waals surface area contributed by atoms with Crippen molar-refractivity contribution >= 4 is 17.5 Å². The predicted molar refractivity (Wildman–Crippen MR) is 77.9 cm³/mol. The van der Waals surface area contributed by atoms with E-state index in [1.807, 2.05) is 42.5 Å². The molecule has 4 heteroatoms. The van der Waals surface area contributed by atoms with E-state index in [1.165, 1.54) is 0 Å². The lowest BCUT2D eigenvalue weighted by Crippen LogP contribution is -2.36. The summed E-state index contributed by atoms with van der Waals surface area (Å²) in [6, 6.07) is 15.2. The van der Waals surface area contributed by atoms with E-state index in [-0.39, 0.29) is 5.91 Å². The largest absolute Gasteiger partial charge is 0.480 e. The van der Waals surface area contributed by atoms with E-state index in [2.05, 4.69) is 5.32 Å². The van der Waals surface area contributed by atoms with E-state index in [4.69, 9.17) is 16.3 Å². The summed E-state index contributed by atoms with van der Waals surface area (Å²) >= 11 is 5.94. The van der Waals surface area contributed by atoms with Crippen LogP contribution in [0.2, 0.25) is 5.02 Å². The molecular weight excluding hydrogens is 274 g/mol. The molecule has 0 saturated heterocycles. The van der Waals surface area contributed by atoms with Crippen molar-refractivity contribution in [3.8, 4) is 5.75 Å². The summed E-state index contributed by atoms with van der Waals surface area (Å²) in [6.07, 6.45) is 0.100. The Bertz CT molecular complexity index is 628. The van der Waals surface area contributed by atoms with Crippen LogP contribution in [0.15, 0.2) is 48.5 Å². The van der Waals surface area contributed by atoms with Gasteiger partial charge in [-0.25, -0.2) is 0 Å². The molecule has 0 unspecified atom stereocenters. The average Bonchev–Trinajstić information content (AvgIpc) is 2.89. The van der Waals surface area contributed by atoms with Crippen molar-refractivity contribution in [1.82, 2.24) is 5.32 Å². The Morgan fingerprint density at radius 1 is 1.25 bits per heavy atom. The number of benzene rings is 2. The van der Waals surface area contributed by atoms with Gasteiger partial charge in [0.15, 0.2) is 6.10 Å². The van der Waals surface area contributed by atoms with Gasteiger partial charge in [0.05, 0.1) is 0 Å². The van der Waals surface area contributed by atoms with Crippen LogP contribution >= 0.6 is 11.6 Å². The van der Waals surface area contributed by atoms with Crippen molar-refractivity contribution < 1.29 is 9.53 Å². The molecule has 2 aromatic carbocycles. The van der Waals surface area contributed by atoms with Gasteiger partial charge in [-0.1, -0.05) is 41.9 Å². The molecule has 0 spiro atoms. The monoisotopic (exact) mass is 287 g/mol. The fourth-order valence-corrected chi connectivity index (χ4v) is 2.46. The quantitative estimate of drug-likeness (QED) is 0.942. The average molecular weight is 288 g/mol. The fraction of sp³-hybridized carbons (Fsp3) is 0.188. The maximum Gasteiger partial charge on any atom is 0.261 e. The molecule has 1 N–H and O–H groups in total. The summed E-state index contributed by atoms with van der Waals surface area (Å²) in [6.45, 7) is 0.511. The molecule has 1 aliphatic heterocycles. The Kier molecular flexibility index (Phi) is 3.61. The number of hydrogen-bond acceptors (Lipinski definition) is 2. The van der Waals surface area contributed by atoms with Gasteiger partial charge in [-0.05, 0) is 29.3 Å². The second-order valence-corrected chi connectivity index (χ2v) is 5.20. The zero-order chi connectivity index (χ0) is 13.9. The molecule has 0 radical (unpaired) electrons. The van der Waals surface area contributed by atoms with Crippen LogP contribution < -0.4 is 10.1 Å². The number of rotatable bonds is 3. The molecule has 2 aromatic rings. The lowest BCUT2D eigenvalue weighted by atomic mass is 10.1. The third-order valence-electron chi connectivity index (χ3n) is 3.30. The van der Waals surface area contributed by atoms with Crippen LogP contribution in [-0.2, 0) is 17.8 Å². The zero-order valence-corrected chi connectivity index (χ0v) is 11.6. The second-order valence-electron chi connectivity index (χ2n) is 4.77. The molecule has 0 bridgehead atoms. The van der Waals surface area contributed by atoms with E-state index in [1.54, 1.807) is 6.07 Å². The summed E-state index contributed by atoms with van der Waals surface area (Å²) in [5, 5.41) is 3.56. The maximum atomic E-state index is 12.1. The van der Waals surface area contributed by atoms with Crippen LogP contribution in [-0.4, -0.2) is 12.0 Å². The standard InChI is InChI=1S/C16H14ClNO2/c17-13-6-7-14-12(8-13)9-15(20-14)16(19)18-10-11-4-2-1-3-5-11/h1-8,15H,9-10H2,(H,18,19)/t15-/m0/s1. The number of amides is 1. The number of carbonyl (C=O) groups is 1. The molecule has 1 atom stereocenters. The number of hydrogen-bond donors (Lipinski definition) is 1. The number of ether oxygens (including phenoxy) is 1. The summed E-state index contributed by atoms with van der Waals surface area (Å²) < 4.78 is 5.64. The van der Waals surface area contributed by atoms with Crippen molar-refractivity contribution in [3.63, 3.8) is 0 Å². The Balaban J connectivity index is 1.60. The van der Waals surface area contributed by atoms with Gasteiger partial charge in [0.1, 0.15) is 5.75 Å². The Morgan fingerprint density at radius 2 is 2.05 bits per heavy atom. The lowest BCUT2D eigenvalue weighted by molar-refractivity contribution is -0.127. The Labute approximate surface area is 122 Å². The van der Waals surface area contributed by atoms with Crippen LogP contribution in [0.1, 0.15) is 11.1 Å². The van der Waals surface area contributed by atoms with Crippen LogP contribution in [0.25, 0.3) is 0 Å². The van der Waals surface area contributed by atoms with E-state index < -0.39 is 6.10 Å². The molecule has 102 valence electrons. The minimum Gasteiger partial charge on any atom is -0.480 e. The van der Waals surface area contributed by atoms with Gasteiger partial charge < -0.3 is 10.1 Å². The highest BCUT2D eigenvalue weighted by molar-refractivity contribution is 6.30. The minimum atomic E-state index is -0.466. The van der Waals surface area contributed by atoms with Crippen LogP contribution in [0.4, 0.5) is 0 Å².